The van der Waals surface area contributed by atoms with Crippen LogP contribution in [0.4, 0.5) is 5.82 Å². The van der Waals surface area contributed by atoms with Crippen molar-refractivity contribution in [2.24, 2.45) is 0 Å². The van der Waals surface area contributed by atoms with Crippen molar-refractivity contribution in [3.63, 3.8) is 0 Å². The van der Waals surface area contributed by atoms with Gasteiger partial charge in [0.2, 0.25) is 0 Å². The Morgan fingerprint density at radius 1 is 1.08 bits per heavy atom. The summed E-state index contributed by atoms with van der Waals surface area (Å²) in [5, 5.41) is 8.77. The molecule has 2 aliphatic rings. The number of hydrogen-bond donors (Lipinski definition) is 0. The topological polar surface area (TPSA) is 49.3 Å². The number of benzene rings is 1. The first-order chi connectivity index (χ1) is 12.1. The maximum absolute atomic E-state index is 12.8. The number of rotatable bonds is 2. The van der Waals surface area contributed by atoms with E-state index in [-0.39, 0.29) is 5.91 Å². The summed E-state index contributed by atoms with van der Waals surface area (Å²) in [4.78, 5) is 17.0. The van der Waals surface area contributed by atoms with Gasteiger partial charge in [-0.25, -0.2) is 0 Å². The number of halogens is 1. The number of fused-ring (bicyclic) bond motifs is 1. The molecule has 0 spiro atoms. The largest absolute Gasteiger partial charge is 0.352 e. The smallest absolute Gasteiger partial charge is 0.254 e. The third-order valence-electron chi connectivity index (χ3n) is 5.13. The minimum absolute atomic E-state index is 0.110. The van der Waals surface area contributed by atoms with E-state index in [1.165, 1.54) is 12.0 Å². The van der Waals surface area contributed by atoms with Crippen molar-refractivity contribution in [1.82, 2.24) is 15.1 Å². The summed E-state index contributed by atoms with van der Waals surface area (Å²) < 4.78 is 0.938. The number of amides is 1. The lowest BCUT2D eigenvalue weighted by molar-refractivity contribution is 0.0745. The van der Waals surface area contributed by atoms with Crippen LogP contribution in [-0.2, 0) is 12.8 Å². The van der Waals surface area contributed by atoms with Gasteiger partial charge in [-0.05, 0) is 55.5 Å². The second kappa shape index (κ2) is 6.75. The van der Waals surface area contributed by atoms with Crippen LogP contribution in [-0.4, -0.2) is 47.2 Å². The molecule has 2 aromatic rings. The zero-order valence-corrected chi connectivity index (χ0v) is 15.9. The van der Waals surface area contributed by atoms with Crippen LogP contribution in [0.3, 0.4) is 0 Å². The van der Waals surface area contributed by atoms with Gasteiger partial charge in [-0.3, -0.25) is 4.79 Å². The molecule has 1 fully saturated rings. The van der Waals surface area contributed by atoms with Crippen LogP contribution in [0.5, 0.6) is 0 Å². The van der Waals surface area contributed by atoms with Crippen LogP contribution in [0.25, 0.3) is 0 Å². The number of piperazine rings is 1. The van der Waals surface area contributed by atoms with Crippen molar-refractivity contribution in [1.29, 1.82) is 0 Å². The standard InChI is InChI=1S/C19H21BrN4O/c1-13-5-6-15(20)12-16(13)19(25)24-9-7-23(8-10-24)18-11-14-3-2-4-17(14)21-22-18/h5-6,11-12H,2-4,7-10H2,1H3. The average Bonchev–Trinajstić information content (AvgIpc) is 3.11. The Hall–Kier alpha value is -1.95. The molecular formula is C19H21BrN4O. The van der Waals surface area contributed by atoms with Crippen LogP contribution >= 0.6 is 15.9 Å². The summed E-state index contributed by atoms with van der Waals surface area (Å²) in [6.45, 7) is 5.00. The molecule has 1 aromatic heterocycles. The number of aryl methyl sites for hydroxylation is 3. The van der Waals surface area contributed by atoms with Crippen LogP contribution in [0.15, 0.2) is 28.7 Å². The van der Waals surface area contributed by atoms with E-state index in [0.717, 1.165) is 53.0 Å². The molecule has 6 heteroatoms. The Kier molecular flexibility index (Phi) is 4.46. The van der Waals surface area contributed by atoms with Crippen LogP contribution in [0, 0.1) is 6.92 Å². The maximum atomic E-state index is 12.8. The van der Waals surface area contributed by atoms with Gasteiger partial charge in [0.1, 0.15) is 0 Å². The predicted molar refractivity (Wildman–Crippen MR) is 101 cm³/mol. The summed E-state index contributed by atoms with van der Waals surface area (Å²) in [6.07, 6.45) is 3.34. The molecule has 1 amide bonds. The van der Waals surface area contributed by atoms with Gasteiger partial charge in [-0.1, -0.05) is 22.0 Å². The third kappa shape index (κ3) is 3.27. The number of aromatic nitrogens is 2. The van der Waals surface area contributed by atoms with E-state index in [1.54, 1.807) is 0 Å². The van der Waals surface area contributed by atoms with Crippen molar-refractivity contribution < 1.29 is 4.79 Å². The average molecular weight is 401 g/mol. The molecule has 5 nitrogen and oxygen atoms in total. The molecule has 0 saturated carbocycles. The Balaban J connectivity index is 1.44. The highest BCUT2D eigenvalue weighted by molar-refractivity contribution is 9.10. The molecule has 0 radical (unpaired) electrons. The highest BCUT2D eigenvalue weighted by atomic mass is 79.9. The lowest BCUT2D eigenvalue weighted by Crippen LogP contribution is -2.49. The quantitative estimate of drug-likeness (QED) is 0.777. The Morgan fingerprint density at radius 2 is 1.88 bits per heavy atom. The second-order valence-corrected chi connectivity index (χ2v) is 7.68. The second-order valence-electron chi connectivity index (χ2n) is 6.77. The number of nitrogens with zero attached hydrogens (tertiary/aromatic N) is 4. The van der Waals surface area contributed by atoms with Gasteiger partial charge in [0.25, 0.3) is 5.91 Å². The van der Waals surface area contributed by atoms with E-state index in [0.29, 0.717) is 13.1 Å². The molecule has 0 unspecified atom stereocenters. The van der Waals surface area contributed by atoms with Gasteiger partial charge in [-0.15, -0.1) is 5.10 Å². The fourth-order valence-electron chi connectivity index (χ4n) is 3.61. The number of hydrogen-bond acceptors (Lipinski definition) is 4. The lowest BCUT2D eigenvalue weighted by Gasteiger charge is -2.35. The van der Waals surface area contributed by atoms with Gasteiger partial charge >= 0.3 is 0 Å². The molecule has 25 heavy (non-hydrogen) atoms. The van der Waals surface area contributed by atoms with Crippen molar-refractivity contribution >= 4 is 27.7 Å². The van der Waals surface area contributed by atoms with E-state index in [2.05, 4.69) is 37.1 Å². The van der Waals surface area contributed by atoms with Crippen molar-refractivity contribution in [2.45, 2.75) is 26.2 Å². The zero-order valence-electron chi connectivity index (χ0n) is 14.3. The summed E-state index contributed by atoms with van der Waals surface area (Å²) in [5.41, 5.74) is 4.29. The number of anilines is 1. The van der Waals surface area contributed by atoms with Gasteiger partial charge in [0.05, 0.1) is 5.69 Å². The highest BCUT2D eigenvalue weighted by Crippen LogP contribution is 2.24. The van der Waals surface area contributed by atoms with E-state index in [9.17, 15) is 4.79 Å². The van der Waals surface area contributed by atoms with Crippen LogP contribution < -0.4 is 4.90 Å². The van der Waals surface area contributed by atoms with Crippen molar-refractivity contribution in [3.8, 4) is 0 Å². The number of carbonyl (C=O) groups is 1. The molecule has 0 N–H and O–H groups in total. The summed E-state index contributed by atoms with van der Waals surface area (Å²) in [6, 6.07) is 8.05. The molecule has 0 atom stereocenters. The van der Waals surface area contributed by atoms with Crippen LogP contribution in [0.2, 0.25) is 0 Å². The Labute approximate surface area is 156 Å². The van der Waals surface area contributed by atoms with Crippen LogP contribution in [0.1, 0.15) is 33.6 Å². The molecule has 1 aliphatic carbocycles. The van der Waals surface area contributed by atoms with E-state index in [4.69, 9.17) is 0 Å². The Bertz CT molecular complexity index is 815. The first kappa shape index (κ1) is 16.5. The van der Waals surface area contributed by atoms with Gasteiger partial charge in [0, 0.05) is 36.2 Å². The predicted octanol–water partition coefficient (Wildman–Crippen LogP) is 3.00. The lowest BCUT2D eigenvalue weighted by atomic mass is 10.1. The minimum Gasteiger partial charge on any atom is -0.352 e. The van der Waals surface area contributed by atoms with E-state index in [1.807, 2.05) is 30.0 Å². The molecule has 4 rings (SSSR count). The van der Waals surface area contributed by atoms with Gasteiger partial charge in [0.15, 0.2) is 5.82 Å². The Morgan fingerprint density at radius 3 is 2.68 bits per heavy atom. The fourth-order valence-corrected chi connectivity index (χ4v) is 3.97. The monoisotopic (exact) mass is 400 g/mol. The summed E-state index contributed by atoms with van der Waals surface area (Å²) in [7, 11) is 0. The van der Waals surface area contributed by atoms with Gasteiger partial charge in [-0.2, -0.15) is 5.10 Å². The minimum atomic E-state index is 0.110. The molecular weight excluding hydrogens is 380 g/mol. The summed E-state index contributed by atoms with van der Waals surface area (Å²) >= 11 is 3.46. The molecule has 130 valence electrons. The zero-order chi connectivity index (χ0) is 17.4. The van der Waals surface area contributed by atoms with E-state index >= 15 is 0 Å². The highest BCUT2D eigenvalue weighted by Gasteiger charge is 2.25. The molecule has 2 heterocycles. The fraction of sp³-hybridized carbons (Fsp3) is 0.421. The normalized spacial score (nSPS) is 16.9. The van der Waals surface area contributed by atoms with Crippen molar-refractivity contribution in [3.05, 3.63) is 51.1 Å². The van der Waals surface area contributed by atoms with E-state index < -0.39 is 0 Å². The molecule has 0 bridgehead atoms. The number of carbonyl (C=O) groups excluding carboxylic acids is 1. The SMILES string of the molecule is Cc1ccc(Br)cc1C(=O)N1CCN(c2cc3c(nn2)CCC3)CC1. The van der Waals surface area contributed by atoms with Gasteiger partial charge < -0.3 is 9.80 Å². The first-order valence-electron chi connectivity index (χ1n) is 8.77. The summed E-state index contributed by atoms with van der Waals surface area (Å²) in [5.74, 6) is 1.06. The third-order valence-corrected chi connectivity index (χ3v) is 5.62. The van der Waals surface area contributed by atoms with Crippen molar-refractivity contribution in [2.75, 3.05) is 31.1 Å². The molecule has 1 aromatic carbocycles. The molecule has 1 saturated heterocycles. The first-order valence-corrected chi connectivity index (χ1v) is 9.57. The maximum Gasteiger partial charge on any atom is 0.254 e. The molecule has 1 aliphatic heterocycles.